The second kappa shape index (κ2) is 8.39. The average molecular weight is 449 g/mol. The molecular weight excluding hydrogens is 428 g/mol. The summed E-state index contributed by atoms with van der Waals surface area (Å²) in [6, 6.07) is 14.4. The number of benzene rings is 2. The number of thiazole rings is 1. The zero-order valence-corrected chi connectivity index (χ0v) is 18.2. The Bertz CT molecular complexity index is 1250. The highest BCUT2D eigenvalue weighted by Gasteiger charge is 2.44. The number of ketones is 1. The number of carboxylic acid groups (broad SMARTS) is 1. The summed E-state index contributed by atoms with van der Waals surface area (Å²) in [4.78, 5) is 43.8. The Hall–Kier alpha value is -3.78. The third-order valence-corrected chi connectivity index (χ3v) is 6.40. The van der Waals surface area contributed by atoms with Crippen molar-refractivity contribution in [1.82, 2.24) is 9.88 Å². The van der Waals surface area contributed by atoms with Crippen molar-refractivity contribution in [3.63, 3.8) is 0 Å². The summed E-state index contributed by atoms with van der Waals surface area (Å²) in [6.07, 6.45) is 0. The van der Waals surface area contributed by atoms with Gasteiger partial charge in [0.15, 0.2) is 5.76 Å². The number of carbonyl (C=O) groups excluding carboxylic acids is 2. The van der Waals surface area contributed by atoms with E-state index in [9.17, 15) is 19.5 Å². The first kappa shape index (κ1) is 21.5. The fraction of sp³-hybridized carbons (Fsp3) is 0.167. The molecule has 0 bridgehead atoms. The van der Waals surface area contributed by atoms with Crippen molar-refractivity contribution in [2.45, 2.75) is 26.4 Å². The lowest BCUT2D eigenvalue weighted by Crippen LogP contribution is -2.30. The van der Waals surface area contributed by atoms with Crippen LogP contribution in [-0.4, -0.2) is 37.8 Å². The number of amides is 1. The quantitative estimate of drug-likeness (QED) is 0.546. The van der Waals surface area contributed by atoms with E-state index in [-0.39, 0.29) is 17.7 Å². The molecule has 7 nitrogen and oxygen atoms in total. The van der Waals surface area contributed by atoms with Crippen LogP contribution in [-0.2, 0) is 11.3 Å². The number of aromatic carboxylic acids is 1. The Labute approximate surface area is 188 Å². The van der Waals surface area contributed by atoms with Gasteiger partial charge in [-0.3, -0.25) is 9.59 Å². The Morgan fingerprint density at radius 3 is 2.28 bits per heavy atom. The van der Waals surface area contributed by atoms with Crippen molar-refractivity contribution < 1.29 is 24.6 Å². The first-order valence-electron chi connectivity index (χ1n) is 9.88. The molecule has 0 radical (unpaired) electrons. The highest BCUT2D eigenvalue weighted by atomic mass is 32.1. The van der Waals surface area contributed by atoms with E-state index in [2.05, 4.69) is 4.98 Å². The van der Waals surface area contributed by atoms with E-state index >= 15 is 0 Å². The Morgan fingerprint density at radius 1 is 1.06 bits per heavy atom. The van der Waals surface area contributed by atoms with E-state index in [1.54, 1.807) is 50.2 Å². The minimum Gasteiger partial charge on any atom is -0.503 e. The molecule has 32 heavy (non-hydrogen) atoms. The van der Waals surface area contributed by atoms with Gasteiger partial charge in [0.2, 0.25) is 5.78 Å². The Balaban J connectivity index is 1.76. The minimum atomic E-state index is -1.04. The predicted molar refractivity (Wildman–Crippen MR) is 119 cm³/mol. The van der Waals surface area contributed by atoms with Gasteiger partial charge in [0.25, 0.3) is 5.91 Å². The smallest absolute Gasteiger partial charge is 0.335 e. The van der Waals surface area contributed by atoms with Crippen LogP contribution in [0.5, 0.6) is 0 Å². The fourth-order valence-corrected chi connectivity index (χ4v) is 4.72. The maximum atomic E-state index is 13.4. The van der Waals surface area contributed by atoms with Gasteiger partial charge in [0, 0.05) is 6.54 Å². The van der Waals surface area contributed by atoms with E-state index in [1.165, 1.54) is 28.4 Å². The molecule has 1 amide bonds. The van der Waals surface area contributed by atoms with Gasteiger partial charge in [0.05, 0.1) is 32.8 Å². The van der Waals surface area contributed by atoms with Crippen LogP contribution < -0.4 is 0 Å². The van der Waals surface area contributed by atoms with Crippen molar-refractivity contribution in [1.29, 1.82) is 0 Å². The van der Waals surface area contributed by atoms with Crippen LogP contribution in [0, 0.1) is 13.8 Å². The summed E-state index contributed by atoms with van der Waals surface area (Å²) in [7, 11) is 0. The van der Waals surface area contributed by atoms with Crippen LogP contribution in [0.15, 0.2) is 65.9 Å². The molecule has 0 fully saturated rings. The summed E-state index contributed by atoms with van der Waals surface area (Å²) in [5.41, 5.74) is 2.08. The molecule has 0 saturated carbocycles. The highest BCUT2D eigenvalue weighted by Crippen LogP contribution is 2.40. The van der Waals surface area contributed by atoms with Crippen molar-refractivity contribution in [2.75, 3.05) is 0 Å². The highest BCUT2D eigenvalue weighted by molar-refractivity contribution is 7.14. The molecule has 1 aliphatic heterocycles. The molecule has 1 atom stereocenters. The molecule has 2 aromatic carbocycles. The third-order valence-electron chi connectivity index (χ3n) is 5.33. The van der Waals surface area contributed by atoms with Gasteiger partial charge < -0.3 is 15.1 Å². The Morgan fingerprint density at radius 2 is 1.72 bits per heavy atom. The molecule has 4 rings (SSSR count). The number of hydrogen-bond acceptors (Lipinski definition) is 6. The van der Waals surface area contributed by atoms with Gasteiger partial charge in [0.1, 0.15) is 0 Å². The molecule has 0 spiro atoms. The molecule has 1 aromatic heterocycles. The molecule has 2 heterocycles. The lowest BCUT2D eigenvalue weighted by molar-refractivity contribution is -0.130. The molecule has 2 N–H and O–H groups in total. The van der Waals surface area contributed by atoms with Gasteiger partial charge in [-0.05, 0) is 37.1 Å². The van der Waals surface area contributed by atoms with Crippen LogP contribution in [0.25, 0.3) is 0 Å². The molecule has 1 unspecified atom stereocenters. The summed E-state index contributed by atoms with van der Waals surface area (Å²) in [6.45, 7) is 3.62. The monoisotopic (exact) mass is 448 g/mol. The number of Topliss-reactive ketones (excluding diaryl/α,β-unsaturated/α-hetero) is 1. The van der Waals surface area contributed by atoms with Crippen LogP contribution >= 0.6 is 11.3 Å². The number of hydrogen-bond donors (Lipinski definition) is 2. The SMILES string of the molecule is Cc1nc(C)c(C(=O)C2=C(O)C(=O)N(Cc3ccc(C(=O)O)cc3)C2c2ccccc2)s1. The van der Waals surface area contributed by atoms with E-state index < -0.39 is 29.5 Å². The van der Waals surface area contributed by atoms with Crippen LogP contribution in [0.1, 0.15) is 47.9 Å². The number of rotatable bonds is 6. The largest absolute Gasteiger partial charge is 0.503 e. The maximum Gasteiger partial charge on any atom is 0.335 e. The number of aromatic nitrogens is 1. The van der Waals surface area contributed by atoms with Crippen molar-refractivity contribution in [3.8, 4) is 0 Å². The summed E-state index contributed by atoms with van der Waals surface area (Å²) in [5, 5.41) is 20.6. The lowest BCUT2D eigenvalue weighted by atomic mass is 9.95. The first-order valence-corrected chi connectivity index (χ1v) is 10.7. The molecule has 162 valence electrons. The van der Waals surface area contributed by atoms with E-state index in [0.717, 1.165) is 5.01 Å². The second-order valence-corrected chi connectivity index (χ2v) is 8.69. The zero-order chi connectivity index (χ0) is 23.0. The van der Waals surface area contributed by atoms with E-state index in [4.69, 9.17) is 5.11 Å². The maximum absolute atomic E-state index is 13.4. The third kappa shape index (κ3) is 3.80. The van der Waals surface area contributed by atoms with Crippen molar-refractivity contribution >= 4 is 29.0 Å². The van der Waals surface area contributed by atoms with Gasteiger partial charge in [-0.1, -0.05) is 42.5 Å². The normalized spacial score (nSPS) is 16.0. The van der Waals surface area contributed by atoms with Gasteiger partial charge in [-0.15, -0.1) is 11.3 Å². The van der Waals surface area contributed by atoms with Gasteiger partial charge in [-0.2, -0.15) is 0 Å². The van der Waals surface area contributed by atoms with Crippen LogP contribution in [0.3, 0.4) is 0 Å². The molecule has 1 aliphatic rings. The van der Waals surface area contributed by atoms with Gasteiger partial charge >= 0.3 is 5.97 Å². The fourth-order valence-electron chi connectivity index (χ4n) is 3.84. The zero-order valence-electron chi connectivity index (χ0n) is 17.4. The van der Waals surface area contributed by atoms with E-state index in [1.807, 2.05) is 6.07 Å². The average Bonchev–Trinajstić information content (AvgIpc) is 3.24. The summed E-state index contributed by atoms with van der Waals surface area (Å²) >= 11 is 1.23. The van der Waals surface area contributed by atoms with Crippen molar-refractivity contribution in [3.05, 3.63) is 98.2 Å². The number of aliphatic hydroxyl groups excluding tert-OH is 1. The first-order chi connectivity index (χ1) is 15.3. The number of aryl methyl sites for hydroxylation is 2. The molecular formula is C24H20N2O5S. The second-order valence-electron chi connectivity index (χ2n) is 7.49. The molecule has 0 aliphatic carbocycles. The number of nitrogens with zero attached hydrogens (tertiary/aromatic N) is 2. The predicted octanol–water partition coefficient (Wildman–Crippen LogP) is 4.24. The number of aliphatic hydroxyl groups is 1. The van der Waals surface area contributed by atoms with E-state index in [0.29, 0.717) is 21.7 Å². The number of carbonyl (C=O) groups is 3. The minimum absolute atomic E-state index is 0.0232. The molecule has 3 aromatic rings. The van der Waals surface area contributed by atoms with Gasteiger partial charge in [-0.25, -0.2) is 9.78 Å². The topological polar surface area (TPSA) is 108 Å². The lowest BCUT2D eigenvalue weighted by Gasteiger charge is -2.27. The number of carboxylic acids is 1. The summed E-state index contributed by atoms with van der Waals surface area (Å²) < 4.78 is 0. The molecule has 8 heteroatoms. The molecule has 0 saturated heterocycles. The van der Waals surface area contributed by atoms with Crippen LogP contribution in [0.4, 0.5) is 0 Å². The summed E-state index contributed by atoms with van der Waals surface area (Å²) in [5.74, 6) is -2.69. The van der Waals surface area contributed by atoms with Crippen LogP contribution in [0.2, 0.25) is 0 Å². The standard InChI is InChI=1S/C24H20N2O5S/c1-13-22(32-14(2)25-13)20(27)18-19(16-6-4-3-5-7-16)26(23(29)21(18)28)12-15-8-10-17(11-9-15)24(30)31/h3-11,19,28H,12H2,1-2H3,(H,30,31). The van der Waals surface area contributed by atoms with Crippen molar-refractivity contribution in [2.24, 2.45) is 0 Å². The Kier molecular flexibility index (Phi) is 5.63.